The number of carbonyl (C=O) groups excluding carboxylic acids is 1. The van der Waals surface area contributed by atoms with Crippen LogP contribution in [0.1, 0.15) is 31.5 Å². The third kappa shape index (κ3) is 3.52. The lowest BCUT2D eigenvalue weighted by molar-refractivity contribution is -0.120. The molecule has 1 aromatic heterocycles. The first kappa shape index (κ1) is 12.0. The summed E-state index contributed by atoms with van der Waals surface area (Å²) in [5.74, 6) is 0.901. The van der Waals surface area contributed by atoms with Crippen LogP contribution in [0.5, 0.6) is 0 Å². The van der Waals surface area contributed by atoms with Crippen LogP contribution in [-0.2, 0) is 18.4 Å². The molecule has 1 aromatic rings. The van der Waals surface area contributed by atoms with Crippen molar-refractivity contribution in [1.29, 1.82) is 0 Å². The van der Waals surface area contributed by atoms with Crippen molar-refractivity contribution in [2.75, 3.05) is 6.54 Å². The van der Waals surface area contributed by atoms with E-state index in [0.29, 0.717) is 19.1 Å². The van der Waals surface area contributed by atoms with E-state index in [9.17, 15) is 4.79 Å². The van der Waals surface area contributed by atoms with Crippen LogP contribution in [-0.4, -0.2) is 33.3 Å². The van der Waals surface area contributed by atoms with E-state index in [-0.39, 0.29) is 5.91 Å². The van der Waals surface area contributed by atoms with Crippen molar-refractivity contribution < 1.29 is 4.79 Å². The van der Waals surface area contributed by atoms with Crippen LogP contribution >= 0.6 is 0 Å². The van der Waals surface area contributed by atoms with Gasteiger partial charge in [-0.05, 0) is 12.8 Å². The highest BCUT2D eigenvalue weighted by Gasteiger charge is 2.16. The minimum atomic E-state index is 0.0686. The number of nitrogens with one attached hydrogen (secondary N) is 2. The molecule has 94 valence electrons. The van der Waals surface area contributed by atoms with E-state index < -0.39 is 0 Å². The van der Waals surface area contributed by atoms with Crippen LogP contribution in [0.2, 0.25) is 0 Å². The summed E-state index contributed by atoms with van der Waals surface area (Å²) < 4.78 is 1.84. The summed E-state index contributed by atoms with van der Waals surface area (Å²) in [6.45, 7) is 0.901. The van der Waals surface area contributed by atoms with E-state index >= 15 is 0 Å². The average Bonchev–Trinajstić information content (AvgIpc) is 2.91. The topological polar surface area (TPSA) is 71.8 Å². The van der Waals surface area contributed by atoms with Crippen molar-refractivity contribution in [1.82, 2.24) is 25.4 Å². The van der Waals surface area contributed by atoms with Gasteiger partial charge in [0.25, 0.3) is 0 Å². The van der Waals surface area contributed by atoms with E-state index in [1.165, 1.54) is 12.8 Å². The summed E-state index contributed by atoms with van der Waals surface area (Å²) in [7, 11) is 1.88. The zero-order chi connectivity index (χ0) is 12.1. The summed E-state index contributed by atoms with van der Waals surface area (Å²) in [6, 6.07) is 0.388. The van der Waals surface area contributed by atoms with Gasteiger partial charge in [-0.25, -0.2) is 0 Å². The van der Waals surface area contributed by atoms with E-state index in [1.54, 1.807) is 6.33 Å². The number of rotatable bonds is 5. The van der Waals surface area contributed by atoms with Crippen LogP contribution in [0.15, 0.2) is 6.33 Å². The smallest absolute Gasteiger partial charge is 0.234 e. The second-order valence-corrected chi connectivity index (χ2v) is 4.51. The molecule has 1 heterocycles. The molecular formula is C11H19N5O. The first-order valence-electron chi connectivity index (χ1n) is 6.08. The zero-order valence-corrected chi connectivity index (χ0v) is 10.1. The van der Waals surface area contributed by atoms with Gasteiger partial charge in [0.15, 0.2) is 0 Å². The summed E-state index contributed by atoms with van der Waals surface area (Å²) >= 11 is 0. The molecule has 2 rings (SSSR count). The Bertz CT molecular complexity index is 370. The van der Waals surface area contributed by atoms with Crippen LogP contribution in [0.3, 0.4) is 0 Å². The molecular weight excluding hydrogens is 218 g/mol. The van der Waals surface area contributed by atoms with Gasteiger partial charge >= 0.3 is 0 Å². The molecule has 17 heavy (non-hydrogen) atoms. The largest absolute Gasteiger partial charge is 0.352 e. The lowest BCUT2D eigenvalue weighted by atomic mass is 10.2. The van der Waals surface area contributed by atoms with Gasteiger partial charge in [0, 0.05) is 13.1 Å². The van der Waals surface area contributed by atoms with Crippen molar-refractivity contribution in [2.45, 2.75) is 38.3 Å². The molecule has 6 heteroatoms. The fourth-order valence-electron chi connectivity index (χ4n) is 2.10. The van der Waals surface area contributed by atoms with Gasteiger partial charge in [0.05, 0.1) is 13.1 Å². The molecule has 1 aliphatic carbocycles. The summed E-state index contributed by atoms with van der Waals surface area (Å²) in [5, 5.41) is 13.8. The fraction of sp³-hybridized carbons (Fsp3) is 0.727. The van der Waals surface area contributed by atoms with E-state index in [1.807, 2.05) is 11.6 Å². The number of amides is 1. The molecule has 2 N–H and O–H groups in total. The van der Waals surface area contributed by atoms with Gasteiger partial charge in [0.2, 0.25) is 5.91 Å². The number of aryl methyl sites for hydroxylation is 1. The van der Waals surface area contributed by atoms with Crippen molar-refractivity contribution >= 4 is 5.91 Å². The van der Waals surface area contributed by atoms with Crippen LogP contribution < -0.4 is 10.6 Å². The Balaban J connectivity index is 1.64. The highest BCUT2D eigenvalue weighted by molar-refractivity contribution is 5.78. The minimum absolute atomic E-state index is 0.0686. The number of hydrogen-bond acceptors (Lipinski definition) is 4. The molecule has 0 aliphatic heterocycles. The average molecular weight is 237 g/mol. The lowest BCUT2D eigenvalue weighted by Gasteiger charge is -2.12. The standard InChI is InChI=1S/C11H19N5O/c1-16-8-13-15-10(16)6-12-7-11(17)14-9-4-2-3-5-9/h8-9,12H,2-7H2,1H3,(H,14,17). The number of aromatic nitrogens is 3. The van der Waals surface area contributed by atoms with E-state index in [2.05, 4.69) is 20.8 Å². The zero-order valence-electron chi connectivity index (χ0n) is 10.1. The van der Waals surface area contributed by atoms with Gasteiger partial charge in [-0.3, -0.25) is 4.79 Å². The van der Waals surface area contributed by atoms with Gasteiger partial charge < -0.3 is 15.2 Å². The summed E-state index contributed by atoms with van der Waals surface area (Å²) in [5.41, 5.74) is 0. The molecule has 6 nitrogen and oxygen atoms in total. The fourth-order valence-corrected chi connectivity index (χ4v) is 2.10. The predicted molar refractivity (Wildman–Crippen MR) is 63.1 cm³/mol. The van der Waals surface area contributed by atoms with Gasteiger partial charge in [-0.1, -0.05) is 12.8 Å². The van der Waals surface area contributed by atoms with E-state index in [0.717, 1.165) is 18.7 Å². The molecule has 0 saturated heterocycles. The second-order valence-electron chi connectivity index (χ2n) is 4.51. The summed E-state index contributed by atoms with van der Waals surface area (Å²) in [4.78, 5) is 11.6. The van der Waals surface area contributed by atoms with Crippen LogP contribution in [0, 0.1) is 0 Å². The summed E-state index contributed by atoms with van der Waals surface area (Å²) in [6.07, 6.45) is 6.36. The maximum atomic E-state index is 11.6. The number of nitrogens with zero attached hydrogens (tertiary/aromatic N) is 3. The Hall–Kier alpha value is -1.43. The number of carbonyl (C=O) groups is 1. The Labute approximate surface area is 101 Å². The Morgan fingerprint density at radius 3 is 2.94 bits per heavy atom. The quantitative estimate of drug-likeness (QED) is 0.754. The molecule has 0 aromatic carbocycles. The Morgan fingerprint density at radius 1 is 1.53 bits per heavy atom. The first-order chi connectivity index (χ1) is 8.25. The highest BCUT2D eigenvalue weighted by Crippen LogP contribution is 2.17. The molecule has 1 aliphatic rings. The Kier molecular flexibility index (Phi) is 4.08. The van der Waals surface area contributed by atoms with Crippen LogP contribution in [0.4, 0.5) is 0 Å². The third-order valence-electron chi connectivity index (χ3n) is 3.09. The SMILES string of the molecule is Cn1cnnc1CNCC(=O)NC1CCCC1. The van der Waals surface area contributed by atoms with Gasteiger partial charge in [0.1, 0.15) is 12.2 Å². The molecule has 1 saturated carbocycles. The first-order valence-corrected chi connectivity index (χ1v) is 6.08. The monoisotopic (exact) mass is 237 g/mol. The second kappa shape index (κ2) is 5.77. The molecule has 0 atom stereocenters. The van der Waals surface area contributed by atoms with Crippen molar-refractivity contribution in [3.8, 4) is 0 Å². The lowest BCUT2D eigenvalue weighted by Crippen LogP contribution is -2.39. The molecule has 0 spiro atoms. The molecule has 0 unspecified atom stereocenters. The molecule has 0 bridgehead atoms. The number of hydrogen-bond donors (Lipinski definition) is 2. The van der Waals surface area contributed by atoms with Gasteiger partial charge in [-0.2, -0.15) is 0 Å². The van der Waals surface area contributed by atoms with Crippen molar-refractivity contribution in [3.63, 3.8) is 0 Å². The highest BCUT2D eigenvalue weighted by atomic mass is 16.1. The Morgan fingerprint density at radius 2 is 2.29 bits per heavy atom. The molecule has 1 fully saturated rings. The van der Waals surface area contributed by atoms with Crippen molar-refractivity contribution in [3.05, 3.63) is 12.2 Å². The molecule has 0 radical (unpaired) electrons. The maximum absolute atomic E-state index is 11.6. The van der Waals surface area contributed by atoms with E-state index in [4.69, 9.17) is 0 Å². The maximum Gasteiger partial charge on any atom is 0.234 e. The third-order valence-corrected chi connectivity index (χ3v) is 3.09. The van der Waals surface area contributed by atoms with Gasteiger partial charge in [-0.15, -0.1) is 10.2 Å². The van der Waals surface area contributed by atoms with Crippen LogP contribution in [0.25, 0.3) is 0 Å². The predicted octanol–water partition coefficient (Wildman–Crippen LogP) is -0.0365. The molecule has 1 amide bonds. The van der Waals surface area contributed by atoms with Crippen molar-refractivity contribution in [2.24, 2.45) is 7.05 Å². The normalized spacial score (nSPS) is 16.3. The minimum Gasteiger partial charge on any atom is -0.352 e.